The van der Waals surface area contributed by atoms with Gasteiger partial charge in [0.05, 0.1) is 4.90 Å². The van der Waals surface area contributed by atoms with Crippen molar-refractivity contribution in [2.45, 2.75) is 16.7 Å². The molecule has 0 unspecified atom stereocenters. The fourth-order valence-corrected chi connectivity index (χ4v) is 3.72. The average Bonchev–Trinajstić information content (AvgIpc) is 2.53. The minimum Gasteiger partial charge on any atom is -0.744 e. The molecule has 0 aliphatic rings. The summed E-state index contributed by atoms with van der Waals surface area (Å²) in [5.74, 6) is 0.0887. The van der Waals surface area contributed by atoms with Gasteiger partial charge in [-0.2, -0.15) is 8.42 Å². The molecule has 0 bridgehead atoms. The first-order chi connectivity index (χ1) is 11.6. The summed E-state index contributed by atoms with van der Waals surface area (Å²) < 4.78 is 62.9. The molecule has 0 aliphatic heterocycles. The zero-order valence-electron chi connectivity index (χ0n) is 14.0. The summed E-state index contributed by atoms with van der Waals surface area (Å²) >= 11 is 0. The molecule has 0 saturated carbocycles. The van der Waals surface area contributed by atoms with Crippen LogP contribution in [-0.4, -0.2) is 21.4 Å². The first-order valence-corrected chi connectivity index (χ1v) is 9.98. The molecule has 0 saturated heterocycles. The van der Waals surface area contributed by atoms with Crippen LogP contribution in [0.3, 0.4) is 0 Å². The van der Waals surface area contributed by atoms with Crippen LogP contribution in [0.25, 0.3) is 10.8 Å². The second kappa shape index (κ2) is 7.67. The Bertz CT molecular complexity index is 1150. The van der Waals surface area contributed by atoms with Crippen LogP contribution in [-0.2, 0) is 20.2 Å². The largest absolute Gasteiger partial charge is 1.00 e. The summed E-state index contributed by atoms with van der Waals surface area (Å²) in [7, 11) is -8.53. The van der Waals surface area contributed by atoms with Gasteiger partial charge in [0.2, 0.25) is 0 Å². The molecular weight excluding hydrogens is 387 g/mol. The SMILES string of the molecule is Cc1ccc(S(=O)(=O)Oc2ccc3cc(S(=O)(=O)[O-])ccc3c2)cc1.[Na+]. The van der Waals surface area contributed by atoms with E-state index in [0.717, 1.165) is 5.56 Å². The fourth-order valence-electron chi connectivity index (χ4n) is 2.29. The molecule has 0 heterocycles. The quantitative estimate of drug-likeness (QED) is 0.342. The van der Waals surface area contributed by atoms with E-state index in [-0.39, 0.29) is 45.1 Å². The van der Waals surface area contributed by atoms with Gasteiger partial charge in [0, 0.05) is 0 Å². The first kappa shape index (κ1) is 20.9. The van der Waals surface area contributed by atoms with E-state index in [2.05, 4.69) is 0 Å². The van der Waals surface area contributed by atoms with Gasteiger partial charge >= 0.3 is 39.7 Å². The van der Waals surface area contributed by atoms with Crippen LogP contribution < -0.4 is 33.7 Å². The smallest absolute Gasteiger partial charge is 0.744 e. The van der Waals surface area contributed by atoms with E-state index in [9.17, 15) is 21.4 Å². The number of hydrogen-bond acceptors (Lipinski definition) is 6. The Morgan fingerprint density at radius 2 is 1.31 bits per heavy atom. The molecule has 0 aromatic heterocycles. The minimum atomic E-state index is -4.55. The van der Waals surface area contributed by atoms with Crippen molar-refractivity contribution in [2.24, 2.45) is 0 Å². The third-order valence-electron chi connectivity index (χ3n) is 3.59. The van der Waals surface area contributed by atoms with Crippen LogP contribution in [0, 0.1) is 6.92 Å². The molecule has 26 heavy (non-hydrogen) atoms. The maximum Gasteiger partial charge on any atom is 1.00 e. The van der Waals surface area contributed by atoms with E-state index < -0.39 is 20.2 Å². The molecule has 0 amide bonds. The summed E-state index contributed by atoms with van der Waals surface area (Å²) in [5.41, 5.74) is 0.925. The fraction of sp³-hybridized carbons (Fsp3) is 0.0588. The Kier molecular flexibility index (Phi) is 6.17. The second-order valence-electron chi connectivity index (χ2n) is 5.48. The van der Waals surface area contributed by atoms with Gasteiger partial charge < -0.3 is 8.74 Å². The van der Waals surface area contributed by atoms with E-state index in [1.807, 2.05) is 6.92 Å². The van der Waals surface area contributed by atoms with Gasteiger partial charge in [-0.25, -0.2) is 8.42 Å². The van der Waals surface area contributed by atoms with Gasteiger partial charge in [-0.15, -0.1) is 0 Å². The Morgan fingerprint density at radius 3 is 1.92 bits per heavy atom. The van der Waals surface area contributed by atoms with Crippen LogP contribution in [0.1, 0.15) is 5.56 Å². The normalized spacial score (nSPS) is 11.8. The molecule has 130 valence electrons. The maximum absolute atomic E-state index is 12.3. The molecule has 0 fully saturated rings. The van der Waals surface area contributed by atoms with E-state index in [4.69, 9.17) is 4.18 Å². The monoisotopic (exact) mass is 400 g/mol. The van der Waals surface area contributed by atoms with E-state index >= 15 is 0 Å². The van der Waals surface area contributed by atoms with Crippen molar-refractivity contribution in [1.82, 2.24) is 0 Å². The molecule has 0 N–H and O–H groups in total. The minimum absolute atomic E-state index is 0. The maximum atomic E-state index is 12.3. The topological polar surface area (TPSA) is 101 Å². The Morgan fingerprint density at radius 1 is 0.769 bits per heavy atom. The number of rotatable bonds is 4. The van der Waals surface area contributed by atoms with Gasteiger partial charge in [-0.1, -0.05) is 29.8 Å². The van der Waals surface area contributed by atoms with Crippen molar-refractivity contribution in [2.75, 3.05) is 0 Å². The summed E-state index contributed by atoms with van der Waals surface area (Å²) in [6.07, 6.45) is 0. The average molecular weight is 400 g/mol. The van der Waals surface area contributed by atoms with Gasteiger partial charge in [-0.3, -0.25) is 0 Å². The number of benzene rings is 3. The standard InChI is InChI=1S/C17H14O6S2.Na/c1-12-2-7-16(8-3-12)25(21,22)23-15-6-4-14-11-17(24(18,19)20)9-5-13(14)10-15;/h2-11H,1H3,(H,18,19,20);/q;+1/p-1. The van der Waals surface area contributed by atoms with E-state index in [1.165, 1.54) is 48.5 Å². The Balaban J connectivity index is 0.00000243. The van der Waals surface area contributed by atoms with Crippen molar-refractivity contribution in [3.05, 3.63) is 66.2 Å². The zero-order chi connectivity index (χ0) is 18.2. The van der Waals surface area contributed by atoms with E-state index in [1.54, 1.807) is 12.1 Å². The summed E-state index contributed by atoms with van der Waals surface area (Å²) in [5, 5.41) is 1.03. The molecule has 9 heteroatoms. The van der Waals surface area contributed by atoms with Crippen LogP contribution >= 0.6 is 0 Å². The molecule has 0 radical (unpaired) electrons. The molecule has 0 aliphatic carbocycles. The van der Waals surface area contributed by atoms with Crippen molar-refractivity contribution in [3.8, 4) is 5.75 Å². The summed E-state index contributed by atoms with van der Waals surface area (Å²) in [6.45, 7) is 1.84. The van der Waals surface area contributed by atoms with Gasteiger partial charge in [-0.05, 0) is 54.1 Å². The number of hydrogen-bond donors (Lipinski definition) is 0. The van der Waals surface area contributed by atoms with Gasteiger partial charge in [0.15, 0.2) is 0 Å². The van der Waals surface area contributed by atoms with E-state index in [0.29, 0.717) is 10.8 Å². The molecule has 0 atom stereocenters. The summed E-state index contributed by atoms with van der Waals surface area (Å²) in [4.78, 5) is -0.313. The van der Waals surface area contributed by atoms with Crippen LogP contribution in [0.15, 0.2) is 70.5 Å². The van der Waals surface area contributed by atoms with Crippen molar-refractivity contribution in [1.29, 1.82) is 0 Å². The van der Waals surface area contributed by atoms with Crippen molar-refractivity contribution in [3.63, 3.8) is 0 Å². The third kappa shape index (κ3) is 4.64. The Labute approximate surface area is 174 Å². The first-order valence-electron chi connectivity index (χ1n) is 7.16. The number of fused-ring (bicyclic) bond motifs is 1. The van der Waals surface area contributed by atoms with Crippen LogP contribution in [0.4, 0.5) is 0 Å². The van der Waals surface area contributed by atoms with Crippen molar-refractivity contribution >= 4 is 31.0 Å². The molecular formula is C17H13NaO6S2. The molecule has 3 rings (SSSR count). The predicted octanol–water partition coefficient (Wildman–Crippen LogP) is -0.176. The molecule has 6 nitrogen and oxygen atoms in total. The van der Waals surface area contributed by atoms with Gasteiger partial charge in [0.1, 0.15) is 20.8 Å². The predicted molar refractivity (Wildman–Crippen MR) is 90.9 cm³/mol. The van der Waals surface area contributed by atoms with Crippen LogP contribution in [0.5, 0.6) is 5.75 Å². The summed E-state index contributed by atoms with van der Waals surface area (Å²) in [6, 6.07) is 14.4. The van der Waals surface area contributed by atoms with Crippen molar-refractivity contribution < 1.29 is 55.1 Å². The Hall–Kier alpha value is -1.42. The zero-order valence-corrected chi connectivity index (χ0v) is 17.7. The van der Waals surface area contributed by atoms with Gasteiger partial charge in [0.25, 0.3) is 0 Å². The number of aryl methyl sites for hydroxylation is 1. The molecule has 3 aromatic carbocycles. The molecule has 3 aromatic rings. The van der Waals surface area contributed by atoms with Crippen LogP contribution in [0.2, 0.25) is 0 Å². The second-order valence-corrected chi connectivity index (χ2v) is 8.40. The molecule has 0 spiro atoms. The third-order valence-corrected chi connectivity index (χ3v) is 5.68.